The molecule has 0 saturated carbocycles. The number of carbonyl (C=O) groups is 1. The van der Waals surface area contributed by atoms with Gasteiger partial charge in [-0.2, -0.15) is 4.98 Å². The van der Waals surface area contributed by atoms with Crippen LogP contribution >= 0.6 is 0 Å². The van der Waals surface area contributed by atoms with E-state index in [-0.39, 0.29) is 24.5 Å². The molecule has 5 rings (SSSR count). The lowest BCUT2D eigenvalue weighted by Crippen LogP contribution is -2.29. The molecule has 7 nitrogen and oxygen atoms in total. The quantitative estimate of drug-likeness (QED) is 0.662. The van der Waals surface area contributed by atoms with Crippen molar-refractivity contribution < 1.29 is 18.8 Å². The topological polar surface area (TPSA) is 77.7 Å². The summed E-state index contributed by atoms with van der Waals surface area (Å²) in [5.41, 5.74) is 2.00. The summed E-state index contributed by atoms with van der Waals surface area (Å²) < 4.78 is 16.2. The van der Waals surface area contributed by atoms with Crippen molar-refractivity contribution in [2.24, 2.45) is 0 Å². The third-order valence-corrected chi connectivity index (χ3v) is 5.50. The van der Waals surface area contributed by atoms with Gasteiger partial charge >= 0.3 is 0 Å². The van der Waals surface area contributed by atoms with Gasteiger partial charge < -0.3 is 18.9 Å². The Balaban J connectivity index is 1.28. The summed E-state index contributed by atoms with van der Waals surface area (Å²) >= 11 is 0. The number of aromatic nitrogens is 2. The fourth-order valence-corrected chi connectivity index (χ4v) is 3.89. The van der Waals surface area contributed by atoms with E-state index in [9.17, 15) is 4.79 Å². The Morgan fingerprint density at radius 2 is 1.97 bits per heavy atom. The Kier molecular flexibility index (Phi) is 4.42. The normalized spacial score (nSPS) is 19.0. The summed E-state index contributed by atoms with van der Waals surface area (Å²) in [6.07, 6.45) is 0.404. The molecule has 0 N–H and O–H groups in total. The molecular formula is C22H21N3O4. The molecule has 2 aliphatic heterocycles. The molecule has 2 aliphatic rings. The Bertz CT molecular complexity index is 1030. The maximum atomic E-state index is 12.5. The SMILES string of the molecule is CC(CN1CC(c2noc(-c3ccc4c(c3)OCO4)n2)CC1=O)c1ccccc1. The molecule has 1 aromatic heterocycles. The minimum absolute atomic E-state index is 0.0583. The predicted octanol–water partition coefficient (Wildman–Crippen LogP) is 3.58. The monoisotopic (exact) mass is 391 g/mol. The third kappa shape index (κ3) is 3.44. The smallest absolute Gasteiger partial charge is 0.258 e. The summed E-state index contributed by atoms with van der Waals surface area (Å²) in [6.45, 7) is 3.65. The summed E-state index contributed by atoms with van der Waals surface area (Å²) in [5.74, 6) is 2.71. The fourth-order valence-electron chi connectivity index (χ4n) is 3.89. The zero-order valence-corrected chi connectivity index (χ0v) is 16.1. The van der Waals surface area contributed by atoms with Gasteiger partial charge in [0.1, 0.15) is 0 Å². The van der Waals surface area contributed by atoms with Gasteiger partial charge in [0.25, 0.3) is 5.89 Å². The van der Waals surface area contributed by atoms with Crippen LogP contribution in [-0.2, 0) is 4.79 Å². The fraction of sp³-hybridized carbons (Fsp3) is 0.318. The van der Waals surface area contributed by atoms with Gasteiger partial charge in [-0.05, 0) is 29.7 Å². The first-order chi connectivity index (χ1) is 14.2. The summed E-state index contributed by atoms with van der Waals surface area (Å²) in [5, 5.41) is 4.14. The number of likely N-dealkylation sites (tertiary alicyclic amines) is 1. The number of ether oxygens (including phenoxy) is 2. The highest BCUT2D eigenvalue weighted by atomic mass is 16.7. The van der Waals surface area contributed by atoms with E-state index in [4.69, 9.17) is 14.0 Å². The number of rotatable bonds is 5. The van der Waals surface area contributed by atoms with Crippen molar-refractivity contribution >= 4 is 5.91 Å². The van der Waals surface area contributed by atoms with Gasteiger partial charge in [-0.1, -0.05) is 42.4 Å². The highest BCUT2D eigenvalue weighted by molar-refractivity contribution is 5.79. The van der Waals surface area contributed by atoms with Crippen LogP contribution in [0.1, 0.15) is 36.6 Å². The number of hydrogen-bond donors (Lipinski definition) is 0. The summed E-state index contributed by atoms with van der Waals surface area (Å²) in [6, 6.07) is 15.8. The van der Waals surface area contributed by atoms with E-state index in [0.29, 0.717) is 42.7 Å². The van der Waals surface area contributed by atoms with Crippen LogP contribution in [0.5, 0.6) is 11.5 Å². The zero-order valence-electron chi connectivity index (χ0n) is 16.1. The van der Waals surface area contributed by atoms with Crippen LogP contribution in [0.3, 0.4) is 0 Å². The predicted molar refractivity (Wildman–Crippen MR) is 105 cm³/mol. The Morgan fingerprint density at radius 3 is 2.83 bits per heavy atom. The molecule has 29 heavy (non-hydrogen) atoms. The molecule has 3 aromatic rings. The van der Waals surface area contributed by atoms with E-state index >= 15 is 0 Å². The van der Waals surface area contributed by atoms with Crippen molar-refractivity contribution in [1.82, 2.24) is 15.0 Å². The Morgan fingerprint density at radius 1 is 1.14 bits per heavy atom. The second kappa shape index (κ2) is 7.24. The van der Waals surface area contributed by atoms with Crippen LogP contribution in [0.2, 0.25) is 0 Å². The van der Waals surface area contributed by atoms with E-state index in [0.717, 1.165) is 5.56 Å². The van der Waals surface area contributed by atoms with E-state index in [1.54, 1.807) is 0 Å². The summed E-state index contributed by atoms with van der Waals surface area (Å²) in [4.78, 5) is 19.0. The molecule has 2 aromatic carbocycles. The van der Waals surface area contributed by atoms with Gasteiger partial charge in [-0.25, -0.2) is 0 Å². The molecule has 0 spiro atoms. The molecule has 2 atom stereocenters. The first-order valence-electron chi connectivity index (χ1n) is 9.74. The highest BCUT2D eigenvalue weighted by Gasteiger charge is 2.34. The highest BCUT2D eigenvalue weighted by Crippen LogP contribution is 2.36. The van der Waals surface area contributed by atoms with E-state index in [2.05, 4.69) is 29.2 Å². The molecule has 7 heteroatoms. The van der Waals surface area contributed by atoms with Crippen molar-refractivity contribution in [3.8, 4) is 23.0 Å². The van der Waals surface area contributed by atoms with Gasteiger partial charge in [-0.15, -0.1) is 0 Å². The van der Waals surface area contributed by atoms with Crippen LogP contribution in [0.15, 0.2) is 53.1 Å². The third-order valence-electron chi connectivity index (χ3n) is 5.50. The maximum Gasteiger partial charge on any atom is 0.258 e. The van der Waals surface area contributed by atoms with Crippen molar-refractivity contribution in [2.75, 3.05) is 19.9 Å². The lowest BCUT2D eigenvalue weighted by molar-refractivity contribution is -0.127. The van der Waals surface area contributed by atoms with Crippen molar-refractivity contribution in [3.63, 3.8) is 0 Å². The molecule has 0 bridgehead atoms. The molecular weight excluding hydrogens is 370 g/mol. The molecule has 1 amide bonds. The number of amides is 1. The Labute approximate surface area is 168 Å². The molecule has 1 saturated heterocycles. The first kappa shape index (κ1) is 17.7. The van der Waals surface area contributed by atoms with E-state index in [1.165, 1.54) is 5.56 Å². The molecule has 0 radical (unpaired) electrons. The molecule has 0 aliphatic carbocycles. The standard InChI is InChI=1S/C22H21N3O4/c1-14(15-5-3-2-4-6-15)11-25-12-17(10-20(25)26)21-23-22(29-24-21)16-7-8-18-19(9-16)28-13-27-18/h2-9,14,17H,10-13H2,1H3. The van der Waals surface area contributed by atoms with Crippen LogP contribution in [0.4, 0.5) is 0 Å². The first-order valence-corrected chi connectivity index (χ1v) is 9.74. The van der Waals surface area contributed by atoms with E-state index < -0.39 is 0 Å². The van der Waals surface area contributed by atoms with Gasteiger partial charge in [-0.3, -0.25) is 4.79 Å². The molecule has 148 valence electrons. The lowest BCUT2D eigenvalue weighted by atomic mass is 10.0. The van der Waals surface area contributed by atoms with Crippen LogP contribution in [0.25, 0.3) is 11.5 Å². The summed E-state index contributed by atoms with van der Waals surface area (Å²) in [7, 11) is 0. The average Bonchev–Trinajstić information content (AvgIpc) is 3.48. The number of fused-ring (bicyclic) bond motifs is 1. The zero-order chi connectivity index (χ0) is 19.8. The van der Waals surface area contributed by atoms with Gasteiger partial charge in [0.2, 0.25) is 12.7 Å². The largest absolute Gasteiger partial charge is 0.454 e. The van der Waals surface area contributed by atoms with Crippen molar-refractivity contribution in [2.45, 2.75) is 25.2 Å². The minimum atomic E-state index is -0.0583. The molecule has 2 unspecified atom stereocenters. The van der Waals surface area contributed by atoms with Crippen LogP contribution in [0, 0.1) is 0 Å². The number of benzene rings is 2. The second-order valence-corrected chi connectivity index (χ2v) is 7.54. The van der Waals surface area contributed by atoms with Crippen molar-refractivity contribution in [3.05, 3.63) is 59.9 Å². The lowest BCUT2D eigenvalue weighted by Gasteiger charge is -2.21. The number of nitrogens with zero attached hydrogens (tertiary/aromatic N) is 3. The molecule has 1 fully saturated rings. The van der Waals surface area contributed by atoms with Gasteiger partial charge in [0.15, 0.2) is 17.3 Å². The number of carbonyl (C=O) groups excluding carboxylic acids is 1. The maximum absolute atomic E-state index is 12.5. The van der Waals surface area contributed by atoms with E-state index in [1.807, 2.05) is 41.3 Å². The average molecular weight is 391 g/mol. The molecule has 3 heterocycles. The van der Waals surface area contributed by atoms with Crippen molar-refractivity contribution in [1.29, 1.82) is 0 Å². The number of hydrogen-bond acceptors (Lipinski definition) is 6. The van der Waals surface area contributed by atoms with Gasteiger partial charge in [0.05, 0.1) is 0 Å². The minimum Gasteiger partial charge on any atom is -0.454 e. The van der Waals surface area contributed by atoms with Gasteiger partial charge in [0, 0.05) is 31.0 Å². The second-order valence-electron chi connectivity index (χ2n) is 7.54. The van der Waals surface area contributed by atoms with Crippen LogP contribution in [-0.4, -0.2) is 40.8 Å². The Hall–Kier alpha value is -3.35. The van der Waals surface area contributed by atoms with Crippen LogP contribution < -0.4 is 9.47 Å².